The normalized spacial score (nSPS) is 11.8. The summed E-state index contributed by atoms with van der Waals surface area (Å²) < 4.78 is 16.1. The van der Waals surface area contributed by atoms with Crippen LogP contribution in [0.5, 0.6) is 0 Å². The Morgan fingerprint density at radius 3 is 2.07 bits per heavy atom. The van der Waals surface area contributed by atoms with Gasteiger partial charge >= 0.3 is 8.80 Å². The predicted octanol–water partition coefficient (Wildman–Crippen LogP) is 1.73. The summed E-state index contributed by atoms with van der Waals surface area (Å²) in [5.41, 5.74) is 0.984. The highest BCUT2D eigenvalue weighted by molar-refractivity contribution is 6.77. The van der Waals surface area contributed by atoms with Crippen molar-refractivity contribution in [2.45, 2.75) is 6.92 Å². The van der Waals surface area contributed by atoms with E-state index in [1.54, 1.807) is 21.3 Å². The topological polar surface area (TPSA) is 27.7 Å². The molecule has 5 heteroatoms. The van der Waals surface area contributed by atoms with E-state index in [2.05, 4.69) is 0 Å². The van der Waals surface area contributed by atoms with Gasteiger partial charge in [0.05, 0.1) is 0 Å². The second-order valence-corrected chi connectivity index (χ2v) is 6.36. The van der Waals surface area contributed by atoms with Gasteiger partial charge < -0.3 is 13.3 Å². The minimum atomic E-state index is -2.80. The van der Waals surface area contributed by atoms with Crippen molar-refractivity contribution in [2.24, 2.45) is 0 Å². The number of benzene rings is 1. The molecule has 0 aliphatic heterocycles. The lowest BCUT2D eigenvalue weighted by Gasteiger charge is -2.25. The lowest BCUT2D eigenvalue weighted by molar-refractivity contribution is 0.140. The Labute approximate surface area is 96.3 Å². The molecule has 1 aromatic rings. The molecule has 15 heavy (non-hydrogen) atoms. The van der Waals surface area contributed by atoms with Gasteiger partial charge in [-0.25, -0.2) is 0 Å². The summed E-state index contributed by atoms with van der Waals surface area (Å²) in [6, 6.07) is 5.72. The van der Waals surface area contributed by atoms with Crippen LogP contribution in [0.4, 0.5) is 0 Å². The summed E-state index contributed by atoms with van der Waals surface area (Å²) in [6.07, 6.45) is 0. The highest BCUT2D eigenvalue weighted by atomic mass is 35.5. The van der Waals surface area contributed by atoms with Crippen LogP contribution in [0, 0.1) is 6.92 Å². The molecule has 0 spiro atoms. The molecule has 0 N–H and O–H groups in total. The highest BCUT2D eigenvalue weighted by Crippen LogP contribution is 2.17. The fourth-order valence-electron chi connectivity index (χ4n) is 1.46. The third-order valence-corrected chi connectivity index (χ3v) is 5.68. The molecule has 0 atom stereocenters. The van der Waals surface area contributed by atoms with Gasteiger partial charge in [0, 0.05) is 31.5 Å². The van der Waals surface area contributed by atoms with Gasteiger partial charge in [0.15, 0.2) is 0 Å². The Balaban J connectivity index is 3.28. The zero-order chi connectivity index (χ0) is 11.5. The fourth-order valence-corrected chi connectivity index (χ4v) is 3.86. The van der Waals surface area contributed by atoms with Gasteiger partial charge in [-0.1, -0.05) is 29.8 Å². The Hall–Kier alpha value is -0.393. The third-order valence-electron chi connectivity index (χ3n) is 2.33. The van der Waals surface area contributed by atoms with Crippen LogP contribution in [0.15, 0.2) is 18.2 Å². The first-order valence-electron chi connectivity index (χ1n) is 4.52. The molecule has 0 aliphatic carbocycles. The maximum atomic E-state index is 6.21. The van der Waals surface area contributed by atoms with E-state index in [1.807, 2.05) is 25.1 Å². The molecule has 0 fully saturated rings. The van der Waals surface area contributed by atoms with E-state index in [9.17, 15) is 0 Å². The van der Waals surface area contributed by atoms with Crippen LogP contribution >= 0.6 is 11.6 Å². The molecular weight excluding hydrogens is 232 g/mol. The highest BCUT2D eigenvalue weighted by Gasteiger charge is 2.42. The minimum absolute atomic E-state index is 0.648. The number of halogens is 1. The van der Waals surface area contributed by atoms with Gasteiger partial charge in [-0.15, -0.1) is 0 Å². The third kappa shape index (κ3) is 2.24. The van der Waals surface area contributed by atoms with E-state index in [-0.39, 0.29) is 0 Å². The Bertz CT molecular complexity index is 331. The van der Waals surface area contributed by atoms with Crippen molar-refractivity contribution in [1.82, 2.24) is 0 Å². The van der Waals surface area contributed by atoms with Crippen LogP contribution in [0.25, 0.3) is 0 Å². The summed E-state index contributed by atoms with van der Waals surface area (Å²) >= 11 is 6.21. The Morgan fingerprint density at radius 1 is 1.07 bits per heavy atom. The van der Waals surface area contributed by atoms with Gasteiger partial charge in [0.1, 0.15) is 0 Å². The van der Waals surface area contributed by atoms with Gasteiger partial charge in [0.25, 0.3) is 0 Å². The smallest absolute Gasteiger partial charge is 0.373 e. The summed E-state index contributed by atoms with van der Waals surface area (Å²) in [5, 5.41) is 1.45. The molecule has 0 radical (unpaired) electrons. The first-order chi connectivity index (χ1) is 7.11. The number of hydrogen-bond acceptors (Lipinski definition) is 3. The molecule has 0 aromatic heterocycles. The van der Waals surface area contributed by atoms with Gasteiger partial charge in [0.2, 0.25) is 0 Å². The van der Waals surface area contributed by atoms with Crippen LogP contribution in [0.2, 0.25) is 5.02 Å². The summed E-state index contributed by atoms with van der Waals surface area (Å²) in [5.74, 6) is 0. The number of hydrogen-bond donors (Lipinski definition) is 0. The molecule has 0 aliphatic rings. The molecule has 1 aromatic carbocycles. The van der Waals surface area contributed by atoms with E-state index < -0.39 is 8.80 Å². The van der Waals surface area contributed by atoms with Crippen molar-refractivity contribution in [3.63, 3.8) is 0 Å². The van der Waals surface area contributed by atoms with E-state index in [0.29, 0.717) is 5.02 Å². The van der Waals surface area contributed by atoms with Crippen molar-refractivity contribution < 1.29 is 13.3 Å². The lowest BCUT2D eigenvalue weighted by atomic mass is 10.2. The monoisotopic (exact) mass is 246 g/mol. The van der Waals surface area contributed by atoms with Gasteiger partial charge in [-0.3, -0.25) is 0 Å². The van der Waals surface area contributed by atoms with E-state index in [1.165, 1.54) is 0 Å². The van der Waals surface area contributed by atoms with Gasteiger partial charge in [-0.2, -0.15) is 0 Å². The summed E-state index contributed by atoms with van der Waals surface area (Å²) in [6.45, 7) is 1.94. The SMILES string of the molecule is CO[Si](OC)(OC)c1cccc(C)c1Cl. The van der Waals surface area contributed by atoms with Crippen LogP contribution < -0.4 is 5.19 Å². The molecule has 0 saturated carbocycles. The molecule has 0 saturated heterocycles. The molecule has 0 unspecified atom stereocenters. The van der Waals surface area contributed by atoms with Crippen molar-refractivity contribution >= 4 is 25.6 Å². The molecule has 3 nitrogen and oxygen atoms in total. The summed E-state index contributed by atoms with van der Waals surface area (Å²) in [7, 11) is 1.90. The Morgan fingerprint density at radius 2 is 1.60 bits per heavy atom. The Kier molecular flexibility index (Phi) is 4.30. The van der Waals surface area contributed by atoms with Crippen molar-refractivity contribution in [3.8, 4) is 0 Å². The number of aryl methyl sites for hydroxylation is 1. The zero-order valence-electron chi connectivity index (χ0n) is 9.33. The minimum Gasteiger partial charge on any atom is -0.373 e. The van der Waals surface area contributed by atoms with Gasteiger partial charge in [-0.05, 0) is 12.5 Å². The second-order valence-electron chi connectivity index (χ2n) is 3.11. The molecule has 1 rings (SSSR count). The first-order valence-corrected chi connectivity index (χ1v) is 6.62. The predicted molar refractivity (Wildman–Crippen MR) is 62.6 cm³/mol. The van der Waals surface area contributed by atoms with Crippen LogP contribution in [-0.2, 0) is 13.3 Å². The van der Waals surface area contributed by atoms with Crippen LogP contribution in [-0.4, -0.2) is 30.1 Å². The van der Waals surface area contributed by atoms with E-state index in [4.69, 9.17) is 24.9 Å². The number of rotatable bonds is 4. The van der Waals surface area contributed by atoms with Crippen LogP contribution in [0.1, 0.15) is 5.56 Å². The lowest BCUT2D eigenvalue weighted by Crippen LogP contribution is -2.55. The molecule has 0 heterocycles. The molecular formula is C10H15ClO3Si. The maximum absolute atomic E-state index is 6.21. The van der Waals surface area contributed by atoms with E-state index >= 15 is 0 Å². The van der Waals surface area contributed by atoms with Crippen molar-refractivity contribution in [3.05, 3.63) is 28.8 Å². The van der Waals surface area contributed by atoms with Crippen LogP contribution in [0.3, 0.4) is 0 Å². The average molecular weight is 247 g/mol. The zero-order valence-corrected chi connectivity index (χ0v) is 11.1. The first kappa shape index (κ1) is 12.7. The quantitative estimate of drug-likeness (QED) is 0.758. The molecule has 84 valence electrons. The second kappa shape index (κ2) is 5.09. The molecule has 0 bridgehead atoms. The standard InChI is InChI=1S/C10H15ClO3Si/c1-8-6-5-7-9(10(8)11)15(12-2,13-3)14-4/h5-7H,1-4H3. The van der Waals surface area contributed by atoms with E-state index in [0.717, 1.165) is 10.8 Å². The average Bonchev–Trinajstić information content (AvgIpc) is 2.27. The van der Waals surface area contributed by atoms with Crippen molar-refractivity contribution in [2.75, 3.05) is 21.3 Å². The van der Waals surface area contributed by atoms with Crippen molar-refractivity contribution in [1.29, 1.82) is 0 Å². The fraction of sp³-hybridized carbons (Fsp3) is 0.400. The summed E-state index contributed by atoms with van der Waals surface area (Å²) in [4.78, 5) is 0. The largest absolute Gasteiger partial charge is 0.537 e. The molecule has 0 amide bonds. The maximum Gasteiger partial charge on any atom is 0.537 e.